The lowest BCUT2D eigenvalue weighted by atomic mass is 9.97. The molecule has 0 bridgehead atoms. The van der Waals surface area contributed by atoms with Crippen LogP contribution >= 0.6 is 22.6 Å². The molecule has 1 atom stereocenters. The van der Waals surface area contributed by atoms with Crippen molar-refractivity contribution in [1.29, 1.82) is 5.26 Å². The van der Waals surface area contributed by atoms with Gasteiger partial charge in [0.15, 0.2) is 6.29 Å². The van der Waals surface area contributed by atoms with Crippen molar-refractivity contribution < 1.29 is 14.2 Å². The molecule has 0 N–H and O–H groups in total. The second-order valence-corrected chi connectivity index (χ2v) is 9.24. The van der Waals surface area contributed by atoms with Gasteiger partial charge in [0.1, 0.15) is 11.8 Å². The van der Waals surface area contributed by atoms with Gasteiger partial charge < -0.3 is 14.2 Å². The van der Waals surface area contributed by atoms with Crippen molar-refractivity contribution in [3.63, 3.8) is 0 Å². The van der Waals surface area contributed by atoms with Gasteiger partial charge in [0.2, 0.25) is 0 Å². The first-order valence-corrected chi connectivity index (χ1v) is 12.2. The maximum atomic E-state index is 9.89. The number of hydrogen-bond donors (Lipinski definition) is 0. The van der Waals surface area contributed by atoms with Gasteiger partial charge in [-0.05, 0) is 99.1 Å². The summed E-state index contributed by atoms with van der Waals surface area (Å²) in [5, 5.41) is 16.6. The molecule has 0 spiro atoms. The number of nitriles is 1. The smallest absolute Gasteiger partial charge is 0.157 e. The van der Waals surface area contributed by atoms with Crippen LogP contribution in [0.25, 0.3) is 32.3 Å². The van der Waals surface area contributed by atoms with Crippen LogP contribution in [0.4, 0.5) is 0 Å². The van der Waals surface area contributed by atoms with E-state index >= 15 is 0 Å². The first kappa shape index (κ1) is 21.4. The Bertz CT molecular complexity index is 1320. The molecule has 0 aliphatic carbocycles. The van der Waals surface area contributed by atoms with E-state index in [1.54, 1.807) is 0 Å². The van der Waals surface area contributed by atoms with Crippen LogP contribution in [-0.4, -0.2) is 26.1 Å². The zero-order chi connectivity index (χ0) is 21.9. The predicted octanol–water partition coefficient (Wildman–Crippen LogP) is 6.93. The summed E-state index contributed by atoms with van der Waals surface area (Å²) in [5.41, 5.74) is 0.667. The topological polar surface area (TPSA) is 51.5 Å². The molecule has 1 heterocycles. The Morgan fingerprint density at radius 3 is 2.41 bits per heavy atom. The van der Waals surface area contributed by atoms with E-state index in [0.717, 1.165) is 63.2 Å². The predicted molar refractivity (Wildman–Crippen MR) is 136 cm³/mol. The van der Waals surface area contributed by atoms with Crippen molar-refractivity contribution in [3.05, 3.63) is 63.7 Å². The Labute approximate surface area is 201 Å². The summed E-state index contributed by atoms with van der Waals surface area (Å²) >= 11 is 2.22. The van der Waals surface area contributed by atoms with Crippen molar-refractivity contribution in [3.8, 4) is 11.8 Å². The van der Waals surface area contributed by atoms with Crippen LogP contribution in [0, 0.1) is 14.9 Å². The first-order valence-electron chi connectivity index (χ1n) is 11.1. The van der Waals surface area contributed by atoms with Gasteiger partial charge >= 0.3 is 0 Å². The normalized spacial score (nSPS) is 16.4. The quantitative estimate of drug-likeness (QED) is 0.152. The standard InChI is InChI=1S/C27H24INO3/c28-27-24(17-29)23-15-21-13-19-7-2-1-6-18(19)12-20(21)14-22(23)16-25(27)30-10-5-11-32-26-8-3-4-9-31-26/h1-2,6-7,12-16,26H,3-5,8-11H2. The van der Waals surface area contributed by atoms with Gasteiger partial charge in [-0.15, -0.1) is 0 Å². The molecule has 1 aliphatic heterocycles. The van der Waals surface area contributed by atoms with E-state index in [0.29, 0.717) is 18.8 Å². The van der Waals surface area contributed by atoms with Crippen LogP contribution in [0.15, 0.2) is 54.6 Å². The summed E-state index contributed by atoms with van der Waals surface area (Å²) in [6.45, 7) is 1.94. The molecular formula is C27H24INO3. The van der Waals surface area contributed by atoms with Crippen LogP contribution in [0.5, 0.6) is 5.75 Å². The molecule has 1 fully saturated rings. The molecule has 4 aromatic carbocycles. The minimum Gasteiger partial charge on any atom is -0.492 e. The molecule has 0 radical (unpaired) electrons. The fourth-order valence-electron chi connectivity index (χ4n) is 4.30. The van der Waals surface area contributed by atoms with E-state index < -0.39 is 0 Å². The summed E-state index contributed by atoms with van der Waals surface area (Å²) < 4.78 is 18.3. The molecule has 0 aromatic heterocycles. The molecule has 162 valence electrons. The summed E-state index contributed by atoms with van der Waals surface area (Å²) in [7, 11) is 0. The molecular weight excluding hydrogens is 513 g/mol. The SMILES string of the molecule is N#Cc1c(I)c(OCCCOC2CCCCO2)cc2cc3cc4ccccc4cc3cc12. The number of halogens is 1. The Hall–Kier alpha value is -2.40. The molecule has 0 amide bonds. The number of nitrogens with zero attached hydrogens (tertiary/aromatic N) is 1. The summed E-state index contributed by atoms with van der Waals surface area (Å²) in [6.07, 6.45) is 3.96. The van der Waals surface area contributed by atoms with Crippen molar-refractivity contribution in [2.45, 2.75) is 32.0 Å². The molecule has 5 rings (SSSR count). The largest absolute Gasteiger partial charge is 0.492 e. The van der Waals surface area contributed by atoms with Crippen LogP contribution < -0.4 is 4.74 Å². The molecule has 0 saturated carbocycles. The second kappa shape index (κ2) is 9.62. The Morgan fingerprint density at radius 1 is 0.938 bits per heavy atom. The maximum absolute atomic E-state index is 9.89. The van der Waals surface area contributed by atoms with Crippen LogP contribution in [-0.2, 0) is 9.47 Å². The third-order valence-corrected chi connectivity index (χ3v) is 7.04. The van der Waals surface area contributed by atoms with Gasteiger partial charge in [-0.2, -0.15) is 5.26 Å². The highest BCUT2D eigenvalue weighted by Gasteiger charge is 2.15. The van der Waals surface area contributed by atoms with Crippen molar-refractivity contribution in [1.82, 2.24) is 0 Å². The van der Waals surface area contributed by atoms with E-state index in [4.69, 9.17) is 14.2 Å². The van der Waals surface area contributed by atoms with Crippen molar-refractivity contribution in [2.75, 3.05) is 19.8 Å². The number of benzene rings is 4. The zero-order valence-corrected chi connectivity index (χ0v) is 19.9. The second-order valence-electron chi connectivity index (χ2n) is 8.16. The third kappa shape index (κ3) is 4.40. The summed E-state index contributed by atoms with van der Waals surface area (Å²) in [6, 6.07) is 21.5. The molecule has 1 unspecified atom stereocenters. The Morgan fingerprint density at radius 2 is 1.69 bits per heavy atom. The molecule has 5 heteroatoms. The lowest BCUT2D eigenvalue weighted by molar-refractivity contribution is -0.163. The Kier molecular flexibility index (Phi) is 6.44. The average molecular weight is 537 g/mol. The summed E-state index contributed by atoms with van der Waals surface area (Å²) in [4.78, 5) is 0. The molecule has 1 saturated heterocycles. The van der Waals surface area contributed by atoms with Gasteiger partial charge in [0.05, 0.1) is 22.3 Å². The number of ether oxygens (including phenoxy) is 3. The van der Waals surface area contributed by atoms with Crippen LogP contribution in [0.2, 0.25) is 0 Å². The Balaban J connectivity index is 1.39. The average Bonchev–Trinajstić information content (AvgIpc) is 2.82. The highest BCUT2D eigenvalue weighted by molar-refractivity contribution is 14.1. The lowest BCUT2D eigenvalue weighted by Gasteiger charge is -2.22. The first-order chi connectivity index (χ1) is 15.7. The minimum absolute atomic E-state index is 0.0703. The van der Waals surface area contributed by atoms with Gasteiger partial charge in [-0.25, -0.2) is 0 Å². The fraction of sp³-hybridized carbons (Fsp3) is 0.296. The van der Waals surface area contributed by atoms with Crippen molar-refractivity contribution in [2.24, 2.45) is 0 Å². The third-order valence-electron chi connectivity index (χ3n) is 5.96. The van der Waals surface area contributed by atoms with E-state index in [-0.39, 0.29) is 6.29 Å². The number of rotatable bonds is 6. The van der Waals surface area contributed by atoms with Gasteiger partial charge in [-0.3, -0.25) is 0 Å². The van der Waals surface area contributed by atoms with E-state index in [1.165, 1.54) is 10.8 Å². The molecule has 4 nitrogen and oxygen atoms in total. The minimum atomic E-state index is -0.0703. The van der Waals surface area contributed by atoms with Crippen LogP contribution in [0.1, 0.15) is 31.2 Å². The highest BCUT2D eigenvalue weighted by atomic mass is 127. The van der Waals surface area contributed by atoms with Gasteiger partial charge in [0, 0.05) is 18.4 Å². The monoisotopic (exact) mass is 537 g/mol. The van der Waals surface area contributed by atoms with Crippen LogP contribution in [0.3, 0.4) is 0 Å². The maximum Gasteiger partial charge on any atom is 0.157 e. The molecule has 32 heavy (non-hydrogen) atoms. The van der Waals surface area contributed by atoms with Gasteiger partial charge in [-0.1, -0.05) is 24.3 Å². The van der Waals surface area contributed by atoms with E-state index in [9.17, 15) is 5.26 Å². The summed E-state index contributed by atoms with van der Waals surface area (Å²) in [5.74, 6) is 0.753. The van der Waals surface area contributed by atoms with Crippen molar-refractivity contribution >= 4 is 54.9 Å². The van der Waals surface area contributed by atoms with Gasteiger partial charge in [0.25, 0.3) is 0 Å². The zero-order valence-electron chi connectivity index (χ0n) is 17.8. The highest BCUT2D eigenvalue weighted by Crippen LogP contribution is 2.35. The number of fused-ring (bicyclic) bond motifs is 3. The van der Waals surface area contributed by atoms with E-state index in [1.807, 2.05) is 0 Å². The number of hydrogen-bond acceptors (Lipinski definition) is 4. The molecule has 4 aromatic rings. The fourth-order valence-corrected chi connectivity index (χ4v) is 5.03. The molecule has 1 aliphatic rings. The van der Waals surface area contributed by atoms with E-state index in [2.05, 4.69) is 83.3 Å². The lowest BCUT2D eigenvalue weighted by Crippen LogP contribution is -2.23.